The summed E-state index contributed by atoms with van der Waals surface area (Å²) in [6, 6.07) is 1.33. The summed E-state index contributed by atoms with van der Waals surface area (Å²) in [6.07, 6.45) is 4.00. The maximum absolute atomic E-state index is 4.48. The van der Waals surface area contributed by atoms with Gasteiger partial charge < -0.3 is 0 Å². The van der Waals surface area contributed by atoms with Gasteiger partial charge in [0, 0.05) is 18.6 Å². The van der Waals surface area contributed by atoms with Crippen molar-refractivity contribution in [3.8, 4) is 0 Å². The third kappa shape index (κ3) is 2.17. The van der Waals surface area contributed by atoms with E-state index in [-0.39, 0.29) is 0 Å². The highest BCUT2D eigenvalue weighted by Crippen LogP contribution is 2.20. The predicted octanol–water partition coefficient (Wildman–Crippen LogP) is 1.79. The molecule has 1 fully saturated rings. The smallest absolute Gasteiger partial charge is 0.0278 e. The van der Waals surface area contributed by atoms with E-state index < -0.39 is 0 Å². The molecule has 0 bridgehead atoms. The Morgan fingerprint density at radius 2 is 1.82 bits per heavy atom. The maximum atomic E-state index is 4.48. The van der Waals surface area contributed by atoms with E-state index in [0.717, 1.165) is 6.54 Å². The number of piperidine rings is 1. The van der Waals surface area contributed by atoms with Crippen molar-refractivity contribution < 1.29 is 0 Å². The van der Waals surface area contributed by atoms with Crippen LogP contribution in [0.25, 0.3) is 0 Å². The van der Waals surface area contributed by atoms with Crippen LogP contribution < -0.4 is 5.43 Å². The number of nitrogens with zero attached hydrogens (tertiary/aromatic N) is 2. The van der Waals surface area contributed by atoms with Crippen molar-refractivity contribution in [1.82, 2.24) is 10.4 Å². The number of hydrogen-bond acceptors (Lipinski definition) is 1. The van der Waals surface area contributed by atoms with Crippen molar-refractivity contribution in [1.29, 1.82) is 0 Å². The van der Waals surface area contributed by atoms with Crippen LogP contribution in [0.4, 0.5) is 0 Å². The molecule has 0 aromatic heterocycles. The average Bonchev–Trinajstić information content (AvgIpc) is 1.97. The average molecular weight is 155 g/mol. The second-order valence-corrected chi connectivity index (χ2v) is 3.47. The predicted molar refractivity (Wildman–Crippen MR) is 47.3 cm³/mol. The summed E-state index contributed by atoms with van der Waals surface area (Å²) in [6.45, 7) is 7.58. The topological polar surface area (TPSA) is 17.3 Å². The molecular formula is C9H19N2. The van der Waals surface area contributed by atoms with E-state index in [9.17, 15) is 0 Å². The van der Waals surface area contributed by atoms with Gasteiger partial charge in [-0.25, -0.2) is 5.01 Å². The van der Waals surface area contributed by atoms with Gasteiger partial charge in [0.2, 0.25) is 0 Å². The minimum atomic E-state index is 0.665. The van der Waals surface area contributed by atoms with E-state index in [1.54, 1.807) is 0 Å². The zero-order chi connectivity index (χ0) is 8.27. The Morgan fingerprint density at radius 3 is 2.27 bits per heavy atom. The Balaban J connectivity index is 2.41. The Bertz CT molecular complexity index is 104. The summed E-state index contributed by atoms with van der Waals surface area (Å²) in [4.78, 5) is 0. The van der Waals surface area contributed by atoms with Crippen LogP contribution in [0.2, 0.25) is 0 Å². The fourth-order valence-corrected chi connectivity index (χ4v) is 1.85. The van der Waals surface area contributed by atoms with Gasteiger partial charge in [-0.15, -0.1) is 0 Å². The first-order valence-corrected chi connectivity index (χ1v) is 4.71. The molecule has 1 saturated heterocycles. The van der Waals surface area contributed by atoms with Gasteiger partial charge in [-0.1, -0.05) is 6.42 Å². The van der Waals surface area contributed by atoms with Crippen LogP contribution >= 0.6 is 0 Å². The molecule has 1 aliphatic rings. The van der Waals surface area contributed by atoms with Crippen molar-refractivity contribution in [2.24, 2.45) is 0 Å². The normalized spacial score (nSPS) is 34.1. The molecule has 0 N–H and O–H groups in total. The first-order chi connectivity index (χ1) is 5.25. The van der Waals surface area contributed by atoms with Crippen LogP contribution in [-0.4, -0.2) is 23.6 Å². The van der Waals surface area contributed by atoms with Crippen LogP contribution in [0.1, 0.15) is 40.0 Å². The van der Waals surface area contributed by atoms with Gasteiger partial charge in [0.25, 0.3) is 0 Å². The minimum Gasteiger partial charge on any atom is -0.221 e. The third-order valence-corrected chi connectivity index (χ3v) is 2.45. The van der Waals surface area contributed by atoms with Crippen molar-refractivity contribution in [2.75, 3.05) is 6.54 Å². The standard InChI is InChI=1S/C9H19N2/c1-4-10-11-8(2)6-5-7-9(11)3/h8-9H,4-7H2,1-3H3. The molecule has 1 aliphatic heterocycles. The molecule has 2 atom stereocenters. The fraction of sp³-hybridized carbons (Fsp3) is 1.00. The lowest BCUT2D eigenvalue weighted by Gasteiger charge is -2.37. The molecule has 11 heavy (non-hydrogen) atoms. The Hall–Kier alpha value is -0.0800. The third-order valence-electron chi connectivity index (χ3n) is 2.45. The summed E-state index contributed by atoms with van der Waals surface area (Å²) < 4.78 is 0. The van der Waals surface area contributed by atoms with Crippen LogP contribution in [0.3, 0.4) is 0 Å². The van der Waals surface area contributed by atoms with Gasteiger partial charge in [-0.3, -0.25) is 0 Å². The van der Waals surface area contributed by atoms with Gasteiger partial charge in [0.1, 0.15) is 0 Å². The van der Waals surface area contributed by atoms with Crippen LogP contribution in [0, 0.1) is 0 Å². The highest BCUT2D eigenvalue weighted by molar-refractivity contribution is 4.75. The van der Waals surface area contributed by atoms with Crippen LogP contribution in [0.15, 0.2) is 0 Å². The summed E-state index contributed by atoms with van der Waals surface area (Å²) in [7, 11) is 0. The van der Waals surface area contributed by atoms with Crippen molar-refractivity contribution in [3.05, 3.63) is 0 Å². The molecule has 2 nitrogen and oxygen atoms in total. The molecule has 2 unspecified atom stereocenters. The molecule has 1 rings (SSSR count). The molecule has 1 heterocycles. The van der Waals surface area contributed by atoms with Crippen molar-refractivity contribution >= 4 is 0 Å². The van der Waals surface area contributed by atoms with Gasteiger partial charge in [0.05, 0.1) is 0 Å². The largest absolute Gasteiger partial charge is 0.221 e. The van der Waals surface area contributed by atoms with E-state index >= 15 is 0 Å². The zero-order valence-corrected chi connectivity index (χ0v) is 7.88. The van der Waals surface area contributed by atoms with E-state index in [0.29, 0.717) is 12.1 Å². The lowest BCUT2D eigenvalue weighted by molar-refractivity contribution is 0.0435. The molecule has 65 valence electrons. The molecule has 2 heteroatoms. The molecule has 0 aromatic carbocycles. The summed E-state index contributed by atoms with van der Waals surface area (Å²) in [5.74, 6) is 0. The molecule has 0 saturated carbocycles. The Morgan fingerprint density at radius 1 is 1.27 bits per heavy atom. The van der Waals surface area contributed by atoms with Gasteiger partial charge in [0.15, 0.2) is 0 Å². The van der Waals surface area contributed by atoms with Crippen molar-refractivity contribution in [2.45, 2.75) is 52.1 Å². The maximum Gasteiger partial charge on any atom is 0.0278 e. The van der Waals surface area contributed by atoms with E-state index in [2.05, 4.69) is 31.2 Å². The van der Waals surface area contributed by atoms with E-state index in [1.807, 2.05) is 0 Å². The minimum absolute atomic E-state index is 0.665. The van der Waals surface area contributed by atoms with Crippen LogP contribution in [-0.2, 0) is 0 Å². The quantitative estimate of drug-likeness (QED) is 0.594. The first-order valence-electron chi connectivity index (χ1n) is 4.71. The summed E-state index contributed by atoms with van der Waals surface area (Å²) in [5, 5.41) is 2.28. The van der Waals surface area contributed by atoms with Crippen LogP contribution in [0.5, 0.6) is 0 Å². The highest BCUT2D eigenvalue weighted by Gasteiger charge is 2.24. The molecule has 0 aliphatic carbocycles. The molecule has 1 radical (unpaired) electrons. The molecule has 0 aromatic rings. The Labute approximate surface area is 69.9 Å². The van der Waals surface area contributed by atoms with Gasteiger partial charge in [-0.05, 0) is 33.6 Å². The molecule has 0 amide bonds. The van der Waals surface area contributed by atoms with Gasteiger partial charge in [-0.2, -0.15) is 5.43 Å². The van der Waals surface area contributed by atoms with E-state index in [1.165, 1.54) is 19.3 Å². The fourth-order valence-electron chi connectivity index (χ4n) is 1.85. The monoisotopic (exact) mass is 155 g/mol. The second-order valence-electron chi connectivity index (χ2n) is 3.47. The summed E-state index contributed by atoms with van der Waals surface area (Å²) >= 11 is 0. The van der Waals surface area contributed by atoms with Crippen molar-refractivity contribution in [3.63, 3.8) is 0 Å². The van der Waals surface area contributed by atoms with Gasteiger partial charge >= 0.3 is 0 Å². The Kier molecular flexibility index (Phi) is 3.34. The molecule has 0 spiro atoms. The summed E-state index contributed by atoms with van der Waals surface area (Å²) in [5.41, 5.74) is 4.48. The zero-order valence-electron chi connectivity index (χ0n) is 7.88. The van der Waals surface area contributed by atoms with E-state index in [4.69, 9.17) is 0 Å². The molecular weight excluding hydrogens is 136 g/mol. The lowest BCUT2D eigenvalue weighted by Crippen LogP contribution is -2.48. The highest BCUT2D eigenvalue weighted by atomic mass is 15.5. The first kappa shape index (κ1) is 9.01. The number of rotatable bonds is 2. The number of hydrogen-bond donors (Lipinski definition) is 0. The SMILES string of the molecule is CC[N]N1C(C)CCCC1C. The second kappa shape index (κ2) is 4.07. The lowest BCUT2D eigenvalue weighted by atomic mass is 10.00.